The van der Waals surface area contributed by atoms with Gasteiger partial charge in [0.1, 0.15) is 6.07 Å². The normalized spacial score (nSPS) is 17.5. The number of rotatable bonds is 6. The molecule has 0 aromatic heterocycles. The predicted molar refractivity (Wildman–Crippen MR) is 126 cm³/mol. The zero-order valence-electron chi connectivity index (χ0n) is 19.5. The van der Waals surface area contributed by atoms with Crippen molar-refractivity contribution in [2.75, 3.05) is 6.61 Å². The Labute approximate surface area is 191 Å². The van der Waals surface area contributed by atoms with Crippen LogP contribution in [0.25, 0.3) is 0 Å². The van der Waals surface area contributed by atoms with Gasteiger partial charge in [-0.3, -0.25) is 0 Å². The molecule has 0 aliphatic carbocycles. The van der Waals surface area contributed by atoms with Gasteiger partial charge < -0.3 is 14.0 Å². The van der Waals surface area contributed by atoms with Crippen LogP contribution in [0.1, 0.15) is 71.6 Å². The van der Waals surface area contributed by atoms with Crippen LogP contribution in [0.2, 0.25) is 5.02 Å². The summed E-state index contributed by atoms with van der Waals surface area (Å²) in [6.45, 7) is 15.0. The second kappa shape index (κ2) is 8.50. The first-order chi connectivity index (χ1) is 14.4. The Bertz CT molecular complexity index is 977. The van der Waals surface area contributed by atoms with Gasteiger partial charge in [-0.2, -0.15) is 5.26 Å². The van der Waals surface area contributed by atoms with Gasteiger partial charge in [-0.1, -0.05) is 56.6 Å². The minimum absolute atomic E-state index is 0.354. The minimum atomic E-state index is -0.392. The minimum Gasteiger partial charge on any atom is -0.491 e. The number of nitrogens with zero attached hydrogens (tertiary/aromatic N) is 1. The summed E-state index contributed by atoms with van der Waals surface area (Å²) in [6.07, 6.45) is 0.851. The predicted octanol–water partition coefficient (Wildman–Crippen LogP) is 5.63. The third-order valence-corrected chi connectivity index (χ3v) is 6.77. The van der Waals surface area contributed by atoms with E-state index in [-0.39, 0.29) is 16.6 Å². The van der Waals surface area contributed by atoms with E-state index in [1.54, 1.807) is 0 Å². The fraction of sp³-hybridized carbons (Fsp3) is 0.480. The molecule has 0 saturated carbocycles. The van der Waals surface area contributed by atoms with Gasteiger partial charge in [0.2, 0.25) is 0 Å². The van der Waals surface area contributed by atoms with E-state index in [1.165, 1.54) is 0 Å². The maximum absolute atomic E-state index is 9.63. The van der Waals surface area contributed by atoms with E-state index in [1.807, 2.05) is 31.2 Å². The third-order valence-electron chi connectivity index (χ3n) is 6.49. The molecule has 164 valence electrons. The SMILES string of the molecule is CCCOc1c(Cl)cc(C(C)(C)c2ccc(B3OC(C)(C)C(C)(C)O3)cc2)cc1C#N. The maximum atomic E-state index is 9.63. The summed E-state index contributed by atoms with van der Waals surface area (Å²) in [5, 5.41) is 10.1. The van der Waals surface area contributed by atoms with Gasteiger partial charge in [0.05, 0.1) is 28.4 Å². The third kappa shape index (κ3) is 4.48. The van der Waals surface area contributed by atoms with Crippen molar-refractivity contribution in [2.24, 2.45) is 0 Å². The van der Waals surface area contributed by atoms with Crippen LogP contribution in [-0.4, -0.2) is 24.9 Å². The second-order valence-electron chi connectivity index (χ2n) is 9.63. The number of halogens is 1. The lowest BCUT2D eigenvalue weighted by molar-refractivity contribution is 0.00578. The zero-order chi connectivity index (χ0) is 23.0. The highest BCUT2D eigenvalue weighted by Gasteiger charge is 2.51. The number of hydrogen-bond acceptors (Lipinski definition) is 4. The Kier molecular flexibility index (Phi) is 6.49. The van der Waals surface area contributed by atoms with Crippen molar-refractivity contribution in [3.05, 3.63) is 58.1 Å². The van der Waals surface area contributed by atoms with E-state index in [9.17, 15) is 5.26 Å². The van der Waals surface area contributed by atoms with E-state index in [0.717, 1.165) is 23.0 Å². The van der Waals surface area contributed by atoms with E-state index < -0.39 is 7.12 Å². The lowest BCUT2D eigenvalue weighted by atomic mass is 9.74. The zero-order valence-corrected chi connectivity index (χ0v) is 20.3. The monoisotopic (exact) mass is 439 g/mol. The van der Waals surface area contributed by atoms with Crippen LogP contribution in [0.4, 0.5) is 0 Å². The van der Waals surface area contributed by atoms with Crippen molar-refractivity contribution < 1.29 is 14.0 Å². The largest absolute Gasteiger partial charge is 0.494 e. The van der Waals surface area contributed by atoms with E-state index >= 15 is 0 Å². The van der Waals surface area contributed by atoms with Crippen molar-refractivity contribution in [1.82, 2.24) is 0 Å². The lowest BCUT2D eigenvalue weighted by Crippen LogP contribution is -2.41. The molecule has 1 aliphatic rings. The summed E-state index contributed by atoms with van der Waals surface area (Å²) in [6, 6.07) is 14.3. The summed E-state index contributed by atoms with van der Waals surface area (Å²) in [5.41, 5.74) is 2.40. The quantitative estimate of drug-likeness (QED) is 0.548. The lowest BCUT2D eigenvalue weighted by Gasteiger charge is -2.32. The first-order valence-corrected chi connectivity index (χ1v) is 11.1. The van der Waals surface area contributed by atoms with Gasteiger partial charge in [-0.15, -0.1) is 0 Å². The Morgan fingerprint density at radius 3 is 2.13 bits per heavy atom. The molecule has 0 N–H and O–H groups in total. The molecule has 4 nitrogen and oxygen atoms in total. The van der Waals surface area contributed by atoms with Crippen molar-refractivity contribution >= 4 is 24.2 Å². The Morgan fingerprint density at radius 1 is 1.03 bits per heavy atom. The highest BCUT2D eigenvalue weighted by molar-refractivity contribution is 6.62. The van der Waals surface area contributed by atoms with Crippen molar-refractivity contribution in [3.8, 4) is 11.8 Å². The molecule has 1 fully saturated rings. The molecule has 6 heteroatoms. The highest BCUT2D eigenvalue weighted by Crippen LogP contribution is 2.39. The summed E-state index contributed by atoms with van der Waals surface area (Å²) >= 11 is 6.50. The van der Waals surface area contributed by atoms with Crippen LogP contribution in [0, 0.1) is 11.3 Å². The molecule has 1 saturated heterocycles. The standard InChI is InChI=1S/C25H31BClNO3/c1-8-13-29-22-17(16-28)14-19(15-21(22)27)23(2,3)18-9-11-20(12-10-18)26-30-24(4,5)25(6,7)31-26/h9-12,14-15H,8,13H2,1-7H3. The fourth-order valence-electron chi connectivity index (χ4n) is 3.59. The summed E-state index contributed by atoms with van der Waals surface area (Å²) in [7, 11) is -0.392. The van der Waals surface area contributed by atoms with E-state index in [4.69, 9.17) is 25.6 Å². The topological polar surface area (TPSA) is 51.5 Å². The van der Waals surface area contributed by atoms with Crippen LogP contribution >= 0.6 is 11.6 Å². The van der Waals surface area contributed by atoms with Crippen molar-refractivity contribution in [3.63, 3.8) is 0 Å². The molecule has 1 aliphatic heterocycles. The molecule has 0 spiro atoms. The molecule has 0 amide bonds. The van der Waals surface area contributed by atoms with Crippen LogP contribution < -0.4 is 10.2 Å². The van der Waals surface area contributed by atoms with Gasteiger partial charge in [0, 0.05) is 5.41 Å². The van der Waals surface area contributed by atoms with Crippen LogP contribution in [0.3, 0.4) is 0 Å². The van der Waals surface area contributed by atoms with Crippen molar-refractivity contribution in [1.29, 1.82) is 5.26 Å². The van der Waals surface area contributed by atoms with Gasteiger partial charge in [-0.05, 0) is 62.8 Å². The summed E-state index contributed by atoms with van der Waals surface area (Å²) in [5.74, 6) is 0.460. The second-order valence-corrected chi connectivity index (χ2v) is 10.0. The molecule has 2 aromatic rings. The first-order valence-electron chi connectivity index (χ1n) is 10.8. The molecule has 31 heavy (non-hydrogen) atoms. The molecule has 3 rings (SSSR count). The number of hydrogen-bond donors (Lipinski definition) is 0. The number of ether oxygens (including phenoxy) is 1. The number of benzene rings is 2. The average Bonchev–Trinajstić information content (AvgIpc) is 2.93. The molecular weight excluding hydrogens is 409 g/mol. The average molecular weight is 440 g/mol. The number of nitriles is 1. The Balaban J connectivity index is 1.89. The molecule has 2 aromatic carbocycles. The molecule has 1 heterocycles. The molecule has 0 unspecified atom stereocenters. The summed E-state index contributed by atoms with van der Waals surface area (Å²) < 4.78 is 18.0. The van der Waals surface area contributed by atoms with E-state index in [2.05, 4.69) is 59.7 Å². The summed E-state index contributed by atoms with van der Waals surface area (Å²) in [4.78, 5) is 0. The molecule has 0 bridgehead atoms. The van der Waals surface area contributed by atoms with Gasteiger partial charge in [0.15, 0.2) is 5.75 Å². The smallest absolute Gasteiger partial charge is 0.491 e. The van der Waals surface area contributed by atoms with Crippen LogP contribution in [-0.2, 0) is 14.7 Å². The van der Waals surface area contributed by atoms with Gasteiger partial charge in [-0.25, -0.2) is 0 Å². The van der Waals surface area contributed by atoms with E-state index in [0.29, 0.717) is 22.9 Å². The molecule has 0 radical (unpaired) electrons. The van der Waals surface area contributed by atoms with Gasteiger partial charge >= 0.3 is 7.12 Å². The first kappa shape index (κ1) is 23.7. The fourth-order valence-corrected chi connectivity index (χ4v) is 3.86. The molecule has 0 atom stereocenters. The Morgan fingerprint density at radius 2 is 1.61 bits per heavy atom. The maximum Gasteiger partial charge on any atom is 0.494 e. The van der Waals surface area contributed by atoms with Crippen LogP contribution in [0.15, 0.2) is 36.4 Å². The Hall–Kier alpha value is -2.00. The van der Waals surface area contributed by atoms with Gasteiger partial charge in [0.25, 0.3) is 0 Å². The highest BCUT2D eigenvalue weighted by atomic mass is 35.5. The van der Waals surface area contributed by atoms with Crippen LogP contribution in [0.5, 0.6) is 5.75 Å². The molecular formula is C25H31BClNO3. The van der Waals surface area contributed by atoms with Crippen molar-refractivity contribution in [2.45, 2.75) is 71.5 Å².